The van der Waals surface area contributed by atoms with Crippen LogP contribution in [0.2, 0.25) is 0 Å². The lowest BCUT2D eigenvalue weighted by molar-refractivity contribution is 0.0904. The quantitative estimate of drug-likeness (QED) is 0.218. The Morgan fingerprint density at radius 3 is 2.58 bits per heavy atom. The van der Waals surface area contributed by atoms with Crippen LogP contribution >= 0.6 is 0 Å². The predicted molar refractivity (Wildman–Crippen MR) is 156 cm³/mol. The van der Waals surface area contributed by atoms with Crippen molar-refractivity contribution in [3.05, 3.63) is 70.4 Å². The standard InChI is InChI=1S/C29H36F2N6O5S/c1-29(2)17-37(43(40,41)22-13-19(30)12-20(31)14-22)16-24-26(29)35-36-27(24)34-28(39)23-4-3-18(15-32-7-8-38)11-25(23)33-21-5-9-42-10-6-21/h3-4,11-14,21,32-33,38H,5-10,15-17H2,1-2H3,(H2,34,35,36,39). The van der Waals surface area contributed by atoms with E-state index in [4.69, 9.17) is 9.84 Å². The average molecular weight is 619 g/mol. The van der Waals surface area contributed by atoms with Gasteiger partial charge in [-0.05, 0) is 42.7 Å². The monoisotopic (exact) mass is 618 g/mol. The minimum atomic E-state index is -4.28. The highest BCUT2D eigenvalue weighted by Crippen LogP contribution is 2.38. The summed E-state index contributed by atoms with van der Waals surface area (Å²) in [6.45, 7) is 5.71. The number of aliphatic hydroxyl groups is 1. The molecule has 1 fully saturated rings. The topological polar surface area (TPSA) is 149 Å². The molecule has 3 aromatic rings. The zero-order valence-electron chi connectivity index (χ0n) is 24.0. The first-order chi connectivity index (χ1) is 20.5. The van der Waals surface area contributed by atoms with Gasteiger partial charge in [0.05, 0.1) is 17.1 Å². The molecule has 14 heteroatoms. The number of nitrogens with zero attached hydrogens (tertiary/aromatic N) is 2. The van der Waals surface area contributed by atoms with Gasteiger partial charge in [0, 0.05) is 73.9 Å². The summed E-state index contributed by atoms with van der Waals surface area (Å²) >= 11 is 0. The van der Waals surface area contributed by atoms with E-state index in [0.717, 1.165) is 34.8 Å². The first kappa shape index (κ1) is 31.0. The average Bonchev–Trinajstić information content (AvgIpc) is 3.36. The largest absolute Gasteiger partial charge is 0.395 e. The van der Waals surface area contributed by atoms with Crippen molar-refractivity contribution >= 4 is 27.4 Å². The van der Waals surface area contributed by atoms with Crippen LogP contribution in [-0.4, -0.2) is 72.9 Å². The summed E-state index contributed by atoms with van der Waals surface area (Å²) < 4.78 is 61.4. The first-order valence-electron chi connectivity index (χ1n) is 14.1. The molecule has 0 unspecified atom stereocenters. The number of amides is 1. The Balaban J connectivity index is 1.42. The highest BCUT2D eigenvalue weighted by Gasteiger charge is 2.41. The van der Waals surface area contributed by atoms with Crippen LogP contribution in [-0.2, 0) is 33.3 Å². The van der Waals surface area contributed by atoms with E-state index in [1.54, 1.807) is 6.07 Å². The Bertz CT molecular complexity index is 1570. The Morgan fingerprint density at radius 1 is 1.16 bits per heavy atom. The molecule has 0 bridgehead atoms. The van der Waals surface area contributed by atoms with Gasteiger partial charge < -0.3 is 25.8 Å². The summed E-state index contributed by atoms with van der Waals surface area (Å²) in [5, 5.41) is 25.8. The number of nitrogens with one attached hydrogen (secondary N) is 4. The molecule has 0 spiro atoms. The maximum Gasteiger partial charge on any atom is 0.258 e. The van der Waals surface area contributed by atoms with Crippen LogP contribution in [0.25, 0.3) is 0 Å². The Labute approximate surface area is 249 Å². The lowest BCUT2D eigenvalue weighted by Crippen LogP contribution is -2.45. The number of carbonyl (C=O) groups is 1. The van der Waals surface area contributed by atoms with E-state index in [1.165, 1.54) is 0 Å². The summed E-state index contributed by atoms with van der Waals surface area (Å²) in [5.41, 5.74) is 2.31. The third-order valence-electron chi connectivity index (χ3n) is 7.68. The minimum absolute atomic E-state index is 0.0102. The second kappa shape index (κ2) is 12.7. The molecule has 11 nitrogen and oxygen atoms in total. The molecule has 2 aliphatic heterocycles. The van der Waals surface area contributed by atoms with Gasteiger partial charge in [0.1, 0.15) is 11.6 Å². The van der Waals surface area contributed by atoms with Gasteiger partial charge in [-0.25, -0.2) is 17.2 Å². The number of benzene rings is 2. The highest BCUT2D eigenvalue weighted by atomic mass is 32.2. The molecule has 232 valence electrons. The van der Waals surface area contributed by atoms with Gasteiger partial charge >= 0.3 is 0 Å². The molecule has 5 N–H and O–H groups in total. The van der Waals surface area contributed by atoms with Crippen LogP contribution in [0.4, 0.5) is 20.3 Å². The molecule has 1 saturated heterocycles. The van der Waals surface area contributed by atoms with E-state index in [2.05, 4.69) is 26.1 Å². The van der Waals surface area contributed by atoms with Crippen molar-refractivity contribution in [2.75, 3.05) is 43.5 Å². The molecule has 3 heterocycles. The second-order valence-corrected chi connectivity index (χ2v) is 13.4. The van der Waals surface area contributed by atoms with Crippen LogP contribution in [0.5, 0.6) is 0 Å². The molecule has 2 aliphatic rings. The van der Waals surface area contributed by atoms with E-state index in [1.807, 2.05) is 26.0 Å². The number of ether oxygens (including phenoxy) is 1. The van der Waals surface area contributed by atoms with E-state index >= 15 is 0 Å². The lowest BCUT2D eigenvalue weighted by Gasteiger charge is -2.36. The number of rotatable bonds is 10. The number of carbonyl (C=O) groups excluding carboxylic acids is 1. The van der Waals surface area contributed by atoms with Gasteiger partial charge in [0.15, 0.2) is 5.82 Å². The van der Waals surface area contributed by atoms with Gasteiger partial charge in [-0.15, -0.1) is 0 Å². The molecule has 0 atom stereocenters. The lowest BCUT2D eigenvalue weighted by atomic mass is 9.84. The fraction of sp³-hybridized carbons (Fsp3) is 0.448. The highest BCUT2D eigenvalue weighted by molar-refractivity contribution is 7.89. The van der Waals surface area contributed by atoms with Gasteiger partial charge in [-0.2, -0.15) is 9.40 Å². The Kier molecular flexibility index (Phi) is 9.13. The smallest absolute Gasteiger partial charge is 0.258 e. The van der Waals surface area contributed by atoms with E-state index in [9.17, 15) is 22.0 Å². The van der Waals surface area contributed by atoms with E-state index < -0.39 is 37.9 Å². The van der Waals surface area contributed by atoms with Crippen molar-refractivity contribution in [1.29, 1.82) is 0 Å². The number of hydrogen-bond donors (Lipinski definition) is 5. The number of aromatic amines is 1. The number of fused-ring (bicyclic) bond motifs is 1. The van der Waals surface area contributed by atoms with Crippen molar-refractivity contribution in [3.63, 3.8) is 0 Å². The van der Waals surface area contributed by atoms with Crippen molar-refractivity contribution < 1.29 is 31.8 Å². The maximum absolute atomic E-state index is 13.9. The normalized spacial score (nSPS) is 17.4. The van der Waals surface area contributed by atoms with Crippen molar-refractivity contribution in [3.8, 4) is 0 Å². The predicted octanol–water partition coefficient (Wildman–Crippen LogP) is 3.10. The van der Waals surface area contributed by atoms with Gasteiger partial charge in [0.25, 0.3) is 5.91 Å². The van der Waals surface area contributed by atoms with Crippen molar-refractivity contribution in [2.45, 2.75) is 56.1 Å². The fourth-order valence-electron chi connectivity index (χ4n) is 5.50. The third-order valence-corrected chi connectivity index (χ3v) is 9.45. The summed E-state index contributed by atoms with van der Waals surface area (Å²) in [4.78, 5) is 13.2. The van der Waals surface area contributed by atoms with Gasteiger partial charge in [-0.3, -0.25) is 9.89 Å². The van der Waals surface area contributed by atoms with Crippen LogP contribution < -0.4 is 16.0 Å². The van der Waals surface area contributed by atoms with Gasteiger partial charge in [-0.1, -0.05) is 19.9 Å². The summed E-state index contributed by atoms with van der Waals surface area (Å²) in [6, 6.07) is 7.74. The minimum Gasteiger partial charge on any atom is -0.395 e. The molecule has 1 amide bonds. The van der Waals surface area contributed by atoms with Crippen LogP contribution in [0.3, 0.4) is 0 Å². The summed E-state index contributed by atoms with van der Waals surface area (Å²) in [5.74, 6) is -2.26. The van der Waals surface area contributed by atoms with Crippen LogP contribution in [0, 0.1) is 11.6 Å². The SMILES string of the molecule is CC1(C)CN(S(=O)(=O)c2cc(F)cc(F)c2)Cc2c(NC(=O)c3ccc(CNCCO)cc3NC3CCOCC3)n[nH]c21. The first-order valence-corrected chi connectivity index (χ1v) is 15.6. The van der Waals surface area contributed by atoms with Crippen LogP contribution in [0.15, 0.2) is 41.3 Å². The Hall–Kier alpha value is -3.43. The maximum atomic E-state index is 13.9. The number of halogens is 2. The second-order valence-electron chi connectivity index (χ2n) is 11.5. The number of hydrogen-bond acceptors (Lipinski definition) is 8. The molecule has 1 aromatic heterocycles. The van der Waals surface area contributed by atoms with E-state index in [-0.39, 0.29) is 31.6 Å². The van der Waals surface area contributed by atoms with Crippen molar-refractivity contribution in [1.82, 2.24) is 19.8 Å². The molecule has 0 radical (unpaired) electrons. The Morgan fingerprint density at radius 2 is 1.88 bits per heavy atom. The molecular weight excluding hydrogens is 582 g/mol. The zero-order chi connectivity index (χ0) is 30.8. The third kappa shape index (κ3) is 6.88. The number of aromatic nitrogens is 2. The molecule has 2 aromatic carbocycles. The summed E-state index contributed by atoms with van der Waals surface area (Å²) in [7, 11) is -4.28. The van der Waals surface area contributed by atoms with Crippen LogP contribution in [0.1, 0.15) is 53.9 Å². The van der Waals surface area contributed by atoms with Gasteiger partial charge in [0.2, 0.25) is 10.0 Å². The van der Waals surface area contributed by atoms with Crippen molar-refractivity contribution in [2.24, 2.45) is 0 Å². The molecular formula is C29H36F2N6O5S. The molecule has 0 saturated carbocycles. The number of aliphatic hydroxyl groups excluding tert-OH is 1. The molecule has 43 heavy (non-hydrogen) atoms. The molecule has 0 aliphatic carbocycles. The fourth-order valence-corrected chi connectivity index (χ4v) is 7.11. The van der Waals surface area contributed by atoms with E-state index in [0.29, 0.717) is 54.9 Å². The molecule has 5 rings (SSSR count). The zero-order valence-corrected chi connectivity index (χ0v) is 24.9. The number of sulfonamides is 1. The summed E-state index contributed by atoms with van der Waals surface area (Å²) in [6.07, 6.45) is 1.57. The number of H-pyrrole nitrogens is 1. The number of anilines is 2.